The number of carbonyl (C=O) groups excluding carboxylic acids is 1. The highest BCUT2D eigenvalue weighted by Gasteiger charge is 2.25. The number of rotatable bonds is 7. The smallest absolute Gasteiger partial charge is 0.332 e. The number of ether oxygens (including phenoxy) is 1. The zero-order valence-electron chi connectivity index (χ0n) is 16.2. The van der Waals surface area contributed by atoms with Gasteiger partial charge in [-0.25, -0.2) is 9.18 Å². The van der Waals surface area contributed by atoms with Crippen molar-refractivity contribution in [2.45, 2.75) is 39.2 Å². The van der Waals surface area contributed by atoms with Gasteiger partial charge in [-0.15, -0.1) is 0 Å². The SMILES string of the molecule is CCc1cc(COc2c(Br)cc(NC(=O)C3=C(C(=O)O)CCC3)cc2Br)ccc1F. The van der Waals surface area contributed by atoms with Crippen LogP contribution >= 0.6 is 31.9 Å². The molecule has 2 aromatic carbocycles. The highest BCUT2D eigenvalue weighted by molar-refractivity contribution is 9.11. The van der Waals surface area contributed by atoms with Crippen LogP contribution in [0, 0.1) is 5.82 Å². The largest absolute Gasteiger partial charge is 0.487 e. The summed E-state index contributed by atoms with van der Waals surface area (Å²) in [7, 11) is 0. The molecule has 0 radical (unpaired) electrons. The zero-order valence-corrected chi connectivity index (χ0v) is 19.4. The lowest BCUT2D eigenvalue weighted by atomic mass is 10.1. The predicted octanol–water partition coefficient (Wildman–Crippen LogP) is 6.00. The predicted molar refractivity (Wildman–Crippen MR) is 119 cm³/mol. The summed E-state index contributed by atoms with van der Waals surface area (Å²) in [6, 6.07) is 8.27. The first-order valence-electron chi connectivity index (χ1n) is 9.46. The van der Waals surface area contributed by atoms with Crippen molar-refractivity contribution in [3.63, 3.8) is 0 Å². The fourth-order valence-electron chi connectivity index (χ4n) is 3.35. The molecule has 3 rings (SSSR count). The third-order valence-corrected chi connectivity index (χ3v) is 6.06. The van der Waals surface area contributed by atoms with Crippen LogP contribution in [-0.2, 0) is 22.6 Å². The van der Waals surface area contributed by atoms with E-state index in [9.17, 15) is 19.1 Å². The number of carbonyl (C=O) groups is 2. The molecule has 0 unspecified atom stereocenters. The maximum absolute atomic E-state index is 13.7. The van der Waals surface area contributed by atoms with Crippen LogP contribution in [0.25, 0.3) is 0 Å². The van der Waals surface area contributed by atoms with Gasteiger partial charge in [0, 0.05) is 16.8 Å². The number of aryl methyl sites for hydroxylation is 1. The molecule has 8 heteroatoms. The Bertz CT molecular complexity index is 1010. The van der Waals surface area contributed by atoms with Gasteiger partial charge in [-0.05, 0) is 92.9 Å². The lowest BCUT2D eigenvalue weighted by Crippen LogP contribution is -2.16. The molecule has 1 aliphatic rings. The molecule has 0 aromatic heterocycles. The molecular formula is C22H20Br2FNO4. The summed E-state index contributed by atoms with van der Waals surface area (Å²) in [6.07, 6.45) is 2.12. The third kappa shape index (κ3) is 5.10. The Hall–Kier alpha value is -2.19. The van der Waals surface area contributed by atoms with Crippen molar-refractivity contribution in [1.82, 2.24) is 0 Å². The fraction of sp³-hybridized carbons (Fsp3) is 0.273. The van der Waals surface area contributed by atoms with E-state index in [-0.39, 0.29) is 18.0 Å². The Labute approximate surface area is 190 Å². The minimum atomic E-state index is -1.05. The molecule has 0 heterocycles. The number of aliphatic carboxylic acids is 1. The van der Waals surface area contributed by atoms with Crippen molar-refractivity contribution in [3.05, 3.63) is 67.4 Å². The lowest BCUT2D eigenvalue weighted by molar-refractivity contribution is -0.133. The van der Waals surface area contributed by atoms with Crippen LogP contribution in [0.3, 0.4) is 0 Å². The Morgan fingerprint density at radius 1 is 1.13 bits per heavy atom. The number of amides is 1. The van der Waals surface area contributed by atoms with E-state index in [4.69, 9.17) is 4.74 Å². The molecule has 158 valence electrons. The normalized spacial score (nSPS) is 13.5. The molecule has 5 nitrogen and oxygen atoms in total. The van der Waals surface area contributed by atoms with Gasteiger partial charge in [-0.2, -0.15) is 0 Å². The molecule has 0 aliphatic heterocycles. The van der Waals surface area contributed by atoms with Crippen molar-refractivity contribution in [2.75, 3.05) is 5.32 Å². The molecular weight excluding hydrogens is 521 g/mol. The van der Waals surface area contributed by atoms with Gasteiger partial charge in [0.15, 0.2) is 0 Å². The average molecular weight is 541 g/mol. The number of anilines is 1. The molecule has 1 aliphatic carbocycles. The molecule has 0 fully saturated rings. The van der Waals surface area contributed by atoms with Crippen molar-refractivity contribution < 1.29 is 23.8 Å². The first-order chi connectivity index (χ1) is 14.3. The van der Waals surface area contributed by atoms with E-state index in [1.165, 1.54) is 6.07 Å². The van der Waals surface area contributed by atoms with Crippen molar-refractivity contribution >= 4 is 49.4 Å². The summed E-state index contributed by atoms with van der Waals surface area (Å²) < 4.78 is 20.8. The van der Waals surface area contributed by atoms with Gasteiger partial charge in [-0.1, -0.05) is 13.0 Å². The van der Waals surface area contributed by atoms with Gasteiger partial charge >= 0.3 is 5.97 Å². The second-order valence-corrected chi connectivity index (χ2v) is 8.62. The van der Waals surface area contributed by atoms with Crippen LogP contribution in [0.4, 0.5) is 10.1 Å². The van der Waals surface area contributed by atoms with Crippen LogP contribution < -0.4 is 10.1 Å². The van der Waals surface area contributed by atoms with Crippen LogP contribution in [0.15, 0.2) is 50.4 Å². The van der Waals surface area contributed by atoms with E-state index in [0.29, 0.717) is 57.2 Å². The molecule has 0 saturated carbocycles. The summed E-state index contributed by atoms with van der Waals surface area (Å²) in [5.74, 6) is -1.14. The molecule has 0 spiro atoms. The van der Waals surface area contributed by atoms with Crippen molar-refractivity contribution in [2.24, 2.45) is 0 Å². The minimum absolute atomic E-state index is 0.177. The molecule has 0 bridgehead atoms. The molecule has 0 atom stereocenters. The van der Waals surface area contributed by atoms with Gasteiger partial charge in [0.1, 0.15) is 18.2 Å². The molecule has 2 aromatic rings. The quantitative estimate of drug-likeness (QED) is 0.452. The molecule has 1 amide bonds. The number of nitrogens with one attached hydrogen (secondary N) is 1. The zero-order chi connectivity index (χ0) is 21.8. The standard InChI is InChI=1S/C22H20Br2FNO4/c1-2-13-8-12(6-7-19(13)25)11-30-20-17(23)9-14(10-18(20)24)26-21(27)15-4-3-5-16(15)22(28)29/h6-10H,2-5,11H2,1H3,(H,26,27)(H,28,29). The first kappa shape index (κ1) is 22.5. The number of benzene rings is 2. The topological polar surface area (TPSA) is 75.6 Å². The van der Waals surface area contributed by atoms with Crippen molar-refractivity contribution in [1.29, 1.82) is 0 Å². The van der Waals surface area contributed by atoms with Crippen LogP contribution in [-0.4, -0.2) is 17.0 Å². The van der Waals surface area contributed by atoms with E-state index in [1.54, 1.807) is 24.3 Å². The summed E-state index contributed by atoms with van der Waals surface area (Å²) in [6.45, 7) is 2.15. The Kier molecular flexibility index (Phi) is 7.31. The van der Waals surface area contributed by atoms with Gasteiger partial charge in [0.25, 0.3) is 5.91 Å². The third-order valence-electron chi connectivity index (χ3n) is 4.88. The number of carboxylic acids is 1. The van der Waals surface area contributed by atoms with Crippen LogP contribution in [0.1, 0.15) is 37.3 Å². The Balaban J connectivity index is 1.73. The van der Waals surface area contributed by atoms with Gasteiger partial charge in [0.05, 0.1) is 8.95 Å². The highest BCUT2D eigenvalue weighted by atomic mass is 79.9. The summed E-state index contributed by atoms with van der Waals surface area (Å²) in [5, 5.41) is 12.0. The van der Waals surface area contributed by atoms with Crippen LogP contribution in [0.2, 0.25) is 0 Å². The maximum Gasteiger partial charge on any atom is 0.332 e. The molecule has 30 heavy (non-hydrogen) atoms. The van der Waals surface area contributed by atoms with Gasteiger partial charge in [-0.3, -0.25) is 4.79 Å². The van der Waals surface area contributed by atoms with Crippen LogP contribution in [0.5, 0.6) is 5.75 Å². The minimum Gasteiger partial charge on any atom is -0.487 e. The maximum atomic E-state index is 13.7. The number of hydrogen-bond donors (Lipinski definition) is 2. The van der Waals surface area contributed by atoms with E-state index in [1.807, 2.05) is 6.92 Å². The second kappa shape index (κ2) is 9.75. The summed E-state index contributed by atoms with van der Waals surface area (Å²) >= 11 is 6.89. The lowest BCUT2D eigenvalue weighted by Gasteiger charge is -2.14. The number of halogens is 3. The Morgan fingerprint density at radius 2 is 1.80 bits per heavy atom. The average Bonchev–Trinajstić information content (AvgIpc) is 3.19. The molecule has 2 N–H and O–H groups in total. The van der Waals surface area contributed by atoms with Crippen molar-refractivity contribution in [3.8, 4) is 5.75 Å². The number of hydrogen-bond acceptors (Lipinski definition) is 3. The van der Waals surface area contributed by atoms with E-state index in [2.05, 4.69) is 37.2 Å². The Morgan fingerprint density at radius 3 is 2.43 bits per heavy atom. The summed E-state index contributed by atoms with van der Waals surface area (Å²) in [4.78, 5) is 23.8. The fourth-order valence-corrected chi connectivity index (χ4v) is 4.77. The molecule has 0 saturated heterocycles. The van der Waals surface area contributed by atoms with E-state index in [0.717, 1.165) is 5.56 Å². The summed E-state index contributed by atoms with van der Waals surface area (Å²) in [5.41, 5.74) is 2.48. The monoisotopic (exact) mass is 539 g/mol. The second-order valence-electron chi connectivity index (χ2n) is 6.91. The highest BCUT2D eigenvalue weighted by Crippen LogP contribution is 2.37. The first-order valence-corrected chi connectivity index (χ1v) is 11.0. The van der Waals surface area contributed by atoms with E-state index >= 15 is 0 Å². The van der Waals surface area contributed by atoms with Gasteiger partial charge in [0.2, 0.25) is 0 Å². The number of carboxylic acid groups (broad SMARTS) is 1. The van der Waals surface area contributed by atoms with E-state index < -0.39 is 11.9 Å². The van der Waals surface area contributed by atoms with Gasteiger partial charge < -0.3 is 15.2 Å².